The van der Waals surface area contributed by atoms with Crippen LogP contribution in [0.15, 0.2) is 27.8 Å². The van der Waals surface area contributed by atoms with Crippen LogP contribution in [0.2, 0.25) is 0 Å². The molecule has 5 heteroatoms. The molecule has 1 aliphatic carbocycles. The predicted octanol–water partition coefficient (Wildman–Crippen LogP) is 3.22. The molecule has 106 valence electrons. The van der Waals surface area contributed by atoms with Crippen LogP contribution in [-0.2, 0) is 0 Å². The van der Waals surface area contributed by atoms with Crippen molar-refractivity contribution >= 4 is 27.7 Å². The summed E-state index contributed by atoms with van der Waals surface area (Å²) >= 11 is 5.27. The number of aromatic nitrogens is 1. The summed E-state index contributed by atoms with van der Waals surface area (Å²) in [5.74, 6) is 1.03. The molecule has 0 aromatic carbocycles. The second-order valence-corrected chi connectivity index (χ2v) is 7.32. The Morgan fingerprint density at radius 1 is 1.58 bits per heavy atom. The predicted molar refractivity (Wildman–Crippen MR) is 83.5 cm³/mol. The van der Waals surface area contributed by atoms with Gasteiger partial charge in [-0.1, -0.05) is 0 Å². The van der Waals surface area contributed by atoms with E-state index in [0.29, 0.717) is 6.04 Å². The average Bonchev–Trinajstić information content (AvgIpc) is 3.20. The van der Waals surface area contributed by atoms with Crippen molar-refractivity contribution < 1.29 is 5.11 Å². The van der Waals surface area contributed by atoms with Crippen molar-refractivity contribution in [3.8, 4) is 0 Å². The minimum atomic E-state index is -0.122. The number of aliphatic hydroxyl groups is 1. The Balaban J connectivity index is 1.72. The number of pyridine rings is 1. The van der Waals surface area contributed by atoms with Gasteiger partial charge in [-0.25, -0.2) is 4.98 Å². The molecule has 2 rings (SSSR count). The molecule has 0 saturated heterocycles. The van der Waals surface area contributed by atoms with E-state index in [4.69, 9.17) is 0 Å². The minimum Gasteiger partial charge on any atom is -0.394 e. The lowest BCUT2D eigenvalue weighted by Crippen LogP contribution is -2.46. The molecule has 0 spiro atoms. The number of aliphatic hydroxyl groups excluding tert-OH is 1. The fraction of sp³-hybridized carbons (Fsp3) is 0.643. The quantitative estimate of drug-likeness (QED) is 0.561. The fourth-order valence-electron chi connectivity index (χ4n) is 2.03. The Morgan fingerprint density at radius 2 is 2.37 bits per heavy atom. The first kappa shape index (κ1) is 15.3. The second kappa shape index (κ2) is 7.07. The number of rotatable bonds is 8. The van der Waals surface area contributed by atoms with Gasteiger partial charge in [-0.15, -0.1) is 11.8 Å². The minimum absolute atomic E-state index is 0.122. The van der Waals surface area contributed by atoms with Crippen LogP contribution in [-0.4, -0.2) is 34.0 Å². The summed E-state index contributed by atoms with van der Waals surface area (Å²) in [7, 11) is 0. The second-order valence-electron chi connectivity index (χ2n) is 5.38. The highest BCUT2D eigenvalue weighted by atomic mass is 79.9. The summed E-state index contributed by atoms with van der Waals surface area (Å²) in [6, 6.07) is 4.58. The molecule has 0 aliphatic heterocycles. The number of nitrogens with one attached hydrogen (secondary N) is 1. The zero-order chi connectivity index (χ0) is 13.7. The van der Waals surface area contributed by atoms with E-state index in [1.54, 1.807) is 11.8 Å². The Kier molecular flexibility index (Phi) is 5.69. The van der Waals surface area contributed by atoms with Gasteiger partial charge in [-0.05, 0) is 66.4 Å². The number of hydrogen-bond acceptors (Lipinski definition) is 4. The molecule has 1 aromatic heterocycles. The summed E-state index contributed by atoms with van der Waals surface area (Å²) in [5.41, 5.74) is -0.122. The fourth-order valence-corrected chi connectivity index (χ4v) is 3.45. The standard InChI is InChI=1S/C14H21BrN2OS/c1-14(10-18,17-11-5-6-11)7-3-9-19-13-12(15)4-2-8-16-13/h2,4,8,11,17-18H,3,5-7,9-10H2,1H3. The number of hydrogen-bond donors (Lipinski definition) is 2. The van der Waals surface area contributed by atoms with Gasteiger partial charge >= 0.3 is 0 Å². The molecule has 0 amide bonds. The summed E-state index contributed by atoms with van der Waals surface area (Å²) < 4.78 is 1.06. The lowest BCUT2D eigenvalue weighted by Gasteiger charge is -2.29. The third-order valence-corrected chi connectivity index (χ3v) is 5.31. The molecule has 1 aliphatic rings. The van der Waals surface area contributed by atoms with E-state index in [2.05, 4.69) is 33.2 Å². The van der Waals surface area contributed by atoms with Crippen molar-refractivity contribution in [1.82, 2.24) is 10.3 Å². The van der Waals surface area contributed by atoms with E-state index >= 15 is 0 Å². The maximum absolute atomic E-state index is 9.53. The number of nitrogens with zero attached hydrogens (tertiary/aromatic N) is 1. The zero-order valence-corrected chi connectivity index (χ0v) is 13.6. The van der Waals surface area contributed by atoms with Crippen molar-refractivity contribution in [2.75, 3.05) is 12.4 Å². The third-order valence-electron chi connectivity index (χ3n) is 3.32. The van der Waals surface area contributed by atoms with Crippen molar-refractivity contribution in [1.29, 1.82) is 0 Å². The normalized spacial score (nSPS) is 18.3. The smallest absolute Gasteiger partial charge is 0.110 e. The lowest BCUT2D eigenvalue weighted by molar-refractivity contribution is 0.163. The number of thioether (sulfide) groups is 1. The Hall–Kier alpha value is -0.100. The molecule has 19 heavy (non-hydrogen) atoms. The van der Waals surface area contributed by atoms with Gasteiger partial charge in [0.1, 0.15) is 5.03 Å². The maximum Gasteiger partial charge on any atom is 0.110 e. The van der Waals surface area contributed by atoms with Gasteiger partial charge in [0.05, 0.1) is 6.61 Å². The summed E-state index contributed by atoms with van der Waals surface area (Å²) in [5, 5.41) is 14.1. The highest BCUT2D eigenvalue weighted by Crippen LogP contribution is 2.28. The van der Waals surface area contributed by atoms with Gasteiger partial charge in [0.25, 0.3) is 0 Å². The van der Waals surface area contributed by atoms with E-state index in [0.717, 1.165) is 28.1 Å². The molecule has 1 saturated carbocycles. The van der Waals surface area contributed by atoms with Gasteiger partial charge in [0.15, 0.2) is 0 Å². The van der Waals surface area contributed by atoms with Gasteiger partial charge in [-0.3, -0.25) is 0 Å². The molecule has 0 bridgehead atoms. The van der Waals surface area contributed by atoms with Crippen LogP contribution in [0.25, 0.3) is 0 Å². The van der Waals surface area contributed by atoms with Crippen LogP contribution >= 0.6 is 27.7 Å². The Morgan fingerprint density at radius 3 is 3.00 bits per heavy atom. The molecular formula is C14H21BrN2OS. The largest absolute Gasteiger partial charge is 0.394 e. The number of halogens is 1. The molecule has 1 atom stereocenters. The lowest BCUT2D eigenvalue weighted by atomic mass is 9.97. The summed E-state index contributed by atoms with van der Waals surface area (Å²) in [6.07, 6.45) is 6.40. The van der Waals surface area contributed by atoms with Crippen LogP contribution in [0.5, 0.6) is 0 Å². The van der Waals surface area contributed by atoms with E-state index < -0.39 is 0 Å². The van der Waals surface area contributed by atoms with Crippen LogP contribution in [0, 0.1) is 0 Å². The molecule has 1 unspecified atom stereocenters. The van der Waals surface area contributed by atoms with Crippen LogP contribution in [0.3, 0.4) is 0 Å². The molecule has 1 heterocycles. The molecule has 1 fully saturated rings. The van der Waals surface area contributed by atoms with Crippen molar-refractivity contribution in [2.45, 2.75) is 49.2 Å². The van der Waals surface area contributed by atoms with Gasteiger partial charge < -0.3 is 10.4 Å². The van der Waals surface area contributed by atoms with Crippen LogP contribution < -0.4 is 5.32 Å². The molecule has 0 radical (unpaired) electrons. The Labute approximate surface area is 127 Å². The SMILES string of the molecule is CC(CO)(CCCSc1ncccc1Br)NC1CC1. The van der Waals surface area contributed by atoms with Crippen molar-refractivity contribution in [3.63, 3.8) is 0 Å². The van der Waals surface area contributed by atoms with E-state index in [9.17, 15) is 5.11 Å². The molecule has 2 N–H and O–H groups in total. The summed E-state index contributed by atoms with van der Waals surface area (Å²) in [6.45, 7) is 2.33. The van der Waals surface area contributed by atoms with Crippen molar-refractivity contribution in [3.05, 3.63) is 22.8 Å². The zero-order valence-electron chi connectivity index (χ0n) is 11.2. The van der Waals surface area contributed by atoms with Gasteiger partial charge in [0, 0.05) is 22.3 Å². The topological polar surface area (TPSA) is 45.2 Å². The van der Waals surface area contributed by atoms with Crippen LogP contribution in [0.4, 0.5) is 0 Å². The molecule has 3 nitrogen and oxygen atoms in total. The van der Waals surface area contributed by atoms with Crippen LogP contribution in [0.1, 0.15) is 32.6 Å². The molecular weight excluding hydrogens is 324 g/mol. The van der Waals surface area contributed by atoms with Gasteiger partial charge in [0.2, 0.25) is 0 Å². The monoisotopic (exact) mass is 344 g/mol. The highest BCUT2D eigenvalue weighted by Gasteiger charge is 2.31. The first-order valence-corrected chi connectivity index (χ1v) is 8.53. The van der Waals surface area contributed by atoms with E-state index in [1.807, 2.05) is 18.3 Å². The third kappa shape index (κ3) is 5.06. The maximum atomic E-state index is 9.53. The van der Waals surface area contributed by atoms with Gasteiger partial charge in [-0.2, -0.15) is 0 Å². The molecule has 1 aromatic rings. The van der Waals surface area contributed by atoms with E-state index in [-0.39, 0.29) is 12.1 Å². The highest BCUT2D eigenvalue weighted by molar-refractivity contribution is 9.10. The average molecular weight is 345 g/mol. The summed E-state index contributed by atoms with van der Waals surface area (Å²) in [4.78, 5) is 4.34. The van der Waals surface area contributed by atoms with E-state index in [1.165, 1.54) is 12.8 Å². The van der Waals surface area contributed by atoms with Crippen molar-refractivity contribution in [2.24, 2.45) is 0 Å². The first-order valence-electron chi connectivity index (χ1n) is 6.75. The Bertz CT molecular complexity index is 414. The first-order chi connectivity index (χ1) is 9.13.